The Morgan fingerprint density at radius 1 is 1.19 bits per heavy atom. The number of piperazine rings is 1. The highest BCUT2D eigenvalue weighted by Crippen LogP contribution is 2.37. The number of nitriles is 1. The van der Waals surface area contributed by atoms with E-state index in [1.807, 2.05) is 12.1 Å². The van der Waals surface area contributed by atoms with Crippen LogP contribution in [0.4, 0.5) is 0 Å². The van der Waals surface area contributed by atoms with Crippen molar-refractivity contribution in [1.82, 2.24) is 14.7 Å². The van der Waals surface area contributed by atoms with Crippen molar-refractivity contribution < 1.29 is 9.59 Å². The summed E-state index contributed by atoms with van der Waals surface area (Å²) >= 11 is 0. The molecule has 2 aliphatic heterocycles. The van der Waals surface area contributed by atoms with Gasteiger partial charge in [-0.3, -0.25) is 19.4 Å². The molecule has 166 valence electrons. The maximum absolute atomic E-state index is 13.0. The van der Waals surface area contributed by atoms with Crippen LogP contribution in [0.5, 0.6) is 0 Å². The number of primary amides is 1. The van der Waals surface area contributed by atoms with E-state index in [1.54, 1.807) is 24.0 Å². The molecule has 1 aromatic rings. The van der Waals surface area contributed by atoms with Crippen LogP contribution >= 0.6 is 0 Å². The molecule has 2 heterocycles. The van der Waals surface area contributed by atoms with E-state index in [0.717, 1.165) is 38.0 Å². The second-order valence-electron chi connectivity index (χ2n) is 9.43. The summed E-state index contributed by atoms with van der Waals surface area (Å²) in [6.45, 7) is 7.11. The lowest BCUT2D eigenvalue weighted by Crippen LogP contribution is -2.55. The third-order valence-corrected chi connectivity index (χ3v) is 7.12. The van der Waals surface area contributed by atoms with Gasteiger partial charge in [-0.2, -0.15) is 5.26 Å². The summed E-state index contributed by atoms with van der Waals surface area (Å²) in [7, 11) is 0. The molecule has 8 heteroatoms. The van der Waals surface area contributed by atoms with Crippen LogP contribution in [-0.4, -0.2) is 76.4 Å². The van der Waals surface area contributed by atoms with E-state index in [4.69, 9.17) is 11.5 Å². The van der Waals surface area contributed by atoms with Crippen LogP contribution in [0.1, 0.15) is 42.6 Å². The molecule has 3 fully saturated rings. The number of likely N-dealkylation sites (tertiary alicyclic amines) is 2. The number of hydrogen-bond donors (Lipinski definition) is 2. The Bertz CT molecular complexity index is 881. The smallest absolute Gasteiger partial charge is 0.248 e. The van der Waals surface area contributed by atoms with Gasteiger partial charge in [0, 0.05) is 49.9 Å². The second-order valence-corrected chi connectivity index (χ2v) is 9.43. The lowest BCUT2D eigenvalue weighted by Gasteiger charge is -2.36. The Morgan fingerprint density at radius 2 is 1.81 bits per heavy atom. The second kappa shape index (κ2) is 8.58. The zero-order chi connectivity index (χ0) is 22.3. The fourth-order valence-electron chi connectivity index (χ4n) is 5.17. The molecule has 31 heavy (non-hydrogen) atoms. The molecule has 2 amide bonds. The number of nitrogens with zero attached hydrogens (tertiary/aromatic N) is 4. The van der Waals surface area contributed by atoms with E-state index in [1.165, 1.54) is 0 Å². The van der Waals surface area contributed by atoms with Crippen molar-refractivity contribution in [2.24, 2.45) is 17.4 Å². The van der Waals surface area contributed by atoms with Crippen LogP contribution in [0, 0.1) is 17.2 Å². The minimum Gasteiger partial charge on any atom is -0.366 e. The van der Waals surface area contributed by atoms with Crippen molar-refractivity contribution in [1.29, 1.82) is 5.26 Å². The molecular formula is C23H32N6O2. The van der Waals surface area contributed by atoms with Gasteiger partial charge in [0.2, 0.25) is 11.8 Å². The molecular weight excluding hydrogens is 392 g/mol. The SMILES string of the molecule is CC1CC1N(C(=O)C(N)CN1C[C@@H]2CC1CN2Cc1ccc(C(N)=O)cc1)C(C)C#N. The predicted octanol–water partition coefficient (Wildman–Crippen LogP) is 0.520. The van der Waals surface area contributed by atoms with Gasteiger partial charge in [-0.05, 0) is 43.4 Å². The lowest BCUT2D eigenvalue weighted by atomic mass is 10.1. The summed E-state index contributed by atoms with van der Waals surface area (Å²) in [5, 5.41) is 9.34. The number of nitrogens with two attached hydrogens (primary N) is 2. The Labute approximate surface area is 183 Å². The molecule has 0 spiro atoms. The van der Waals surface area contributed by atoms with Gasteiger partial charge in [-0.15, -0.1) is 0 Å². The molecule has 5 unspecified atom stereocenters. The van der Waals surface area contributed by atoms with Crippen LogP contribution in [-0.2, 0) is 11.3 Å². The lowest BCUT2D eigenvalue weighted by molar-refractivity contribution is -0.135. The van der Waals surface area contributed by atoms with Crippen molar-refractivity contribution in [3.63, 3.8) is 0 Å². The molecule has 4 rings (SSSR count). The number of hydrogen-bond acceptors (Lipinski definition) is 6. The van der Waals surface area contributed by atoms with Gasteiger partial charge < -0.3 is 16.4 Å². The number of benzene rings is 1. The summed E-state index contributed by atoms with van der Waals surface area (Å²) < 4.78 is 0. The first-order valence-electron chi connectivity index (χ1n) is 11.1. The largest absolute Gasteiger partial charge is 0.366 e. The minimum atomic E-state index is -0.599. The monoisotopic (exact) mass is 424 g/mol. The minimum absolute atomic E-state index is 0.0995. The van der Waals surface area contributed by atoms with Crippen LogP contribution in [0.25, 0.3) is 0 Å². The predicted molar refractivity (Wildman–Crippen MR) is 117 cm³/mol. The maximum atomic E-state index is 13.0. The molecule has 2 saturated heterocycles. The van der Waals surface area contributed by atoms with Crippen LogP contribution in [0.2, 0.25) is 0 Å². The van der Waals surface area contributed by atoms with Gasteiger partial charge in [0.1, 0.15) is 6.04 Å². The number of carbonyl (C=O) groups is 2. The average molecular weight is 425 g/mol. The topological polar surface area (TPSA) is 120 Å². The molecule has 3 aliphatic rings. The van der Waals surface area contributed by atoms with Crippen LogP contribution < -0.4 is 11.5 Å². The molecule has 4 N–H and O–H groups in total. The first-order chi connectivity index (χ1) is 14.8. The average Bonchev–Trinajstić information content (AvgIpc) is 3.15. The molecule has 6 atom stereocenters. The summed E-state index contributed by atoms with van der Waals surface area (Å²) in [6, 6.07) is 9.63. The van der Waals surface area contributed by atoms with Gasteiger partial charge in [0.05, 0.1) is 12.1 Å². The third-order valence-electron chi connectivity index (χ3n) is 7.12. The van der Waals surface area contributed by atoms with E-state index in [9.17, 15) is 14.9 Å². The van der Waals surface area contributed by atoms with E-state index in [2.05, 4.69) is 22.8 Å². The van der Waals surface area contributed by atoms with Crippen LogP contribution in [0.3, 0.4) is 0 Å². The molecule has 1 aromatic carbocycles. The highest BCUT2D eigenvalue weighted by Gasteiger charge is 2.46. The van der Waals surface area contributed by atoms with Crippen molar-refractivity contribution in [2.45, 2.75) is 63.4 Å². The highest BCUT2D eigenvalue weighted by atomic mass is 16.2. The summed E-state index contributed by atoms with van der Waals surface area (Å²) in [6.07, 6.45) is 2.03. The van der Waals surface area contributed by atoms with E-state index in [0.29, 0.717) is 30.1 Å². The normalized spacial score (nSPS) is 29.4. The molecule has 2 bridgehead atoms. The number of carbonyl (C=O) groups excluding carboxylic acids is 2. The van der Waals surface area contributed by atoms with Gasteiger partial charge in [-0.1, -0.05) is 19.1 Å². The van der Waals surface area contributed by atoms with Crippen molar-refractivity contribution in [2.75, 3.05) is 19.6 Å². The quantitative estimate of drug-likeness (QED) is 0.628. The van der Waals surface area contributed by atoms with E-state index >= 15 is 0 Å². The zero-order valence-electron chi connectivity index (χ0n) is 18.3. The molecule has 1 aliphatic carbocycles. The molecule has 8 nitrogen and oxygen atoms in total. The Kier molecular flexibility index (Phi) is 6.02. The Hall–Kier alpha value is -2.47. The summed E-state index contributed by atoms with van der Waals surface area (Å²) in [5.74, 6) is -0.0647. The van der Waals surface area contributed by atoms with E-state index in [-0.39, 0.29) is 11.9 Å². The van der Waals surface area contributed by atoms with Gasteiger partial charge in [0.25, 0.3) is 0 Å². The molecule has 1 saturated carbocycles. The highest BCUT2D eigenvalue weighted by molar-refractivity contribution is 5.92. The molecule has 0 radical (unpaired) electrons. The fourth-order valence-corrected chi connectivity index (χ4v) is 5.17. The van der Waals surface area contributed by atoms with Gasteiger partial charge >= 0.3 is 0 Å². The summed E-state index contributed by atoms with van der Waals surface area (Å²) in [5.41, 5.74) is 13.3. The first-order valence-corrected chi connectivity index (χ1v) is 11.1. The Balaban J connectivity index is 1.31. The Morgan fingerprint density at radius 3 is 2.32 bits per heavy atom. The zero-order valence-corrected chi connectivity index (χ0v) is 18.3. The summed E-state index contributed by atoms with van der Waals surface area (Å²) in [4.78, 5) is 30.8. The van der Waals surface area contributed by atoms with Crippen molar-refractivity contribution >= 4 is 11.8 Å². The third kappa shape index (κ3) is 4.45. The standard InChI is InChI=1S/C23H32N6O2/c1-14-7-21(14)29(15(2)9-24)23(31)20(25)13-28-12-18-8-19(28)11-27(18)10-16-3-5-17(6-4-16)22(26)30/h3-6,14-15,18-21H,7-8,10-13,25H2,1-2H3,(H2,26,30)/t14?,15?,18-,19?,20?,21?/m0/s1. The van der Waals surface area contributed by atoms with Crippen molar-refractivity contribution in [3.05, 3.63) is 35.4 Å². The molecule has 0 aromatic heterocycles. The van der Waals surface area contributed by atoms with Crippen LogP contribution in [0.15, 0.2) is 24.3 Å². The maximum Gasteiger partial charge on any atom is 0.248 e. The number of amides is 2. The van der Waals surface area contributed by atoms with Gasteiger partial charge in [0.15, 0.2) is 0 Å². The number of rotatable bonds is 8. The first kappa shape index (κ1) is 21.8. The fraction of sp³-hybridized carbons (Fsp3) is 0.609. The number of fused-ring (bicyclic) bond motifs is 2. The van der Waals surface area contributed by atoms with Gasteiger partial charge in [-0.25, -0.2) is 0 Å². The van der Waals surface area contributed by atoms with Crippen molar-refractivity contribution in [3.8, 4) is 6.07 Å². The van der Waals surface area contributed by atoms with E-state index < -0.39 is 18.0 Å².